The first-order chi connectivity index (χ1) is 6.15. The van der Waals surface area contributed by atoms with Crippen LogP contribution in [0.5, 0.6) is 0 Å². The summed E-state index contributed by atoms with van der Waals surface area (Å²) >= 11 is 4.71. The van der Waals surface area contributed by atoms with Crippen LogP contribution in [-0.4, -0.2) is 18.5 Å². The lowest BCUT2D eigenvalue weighted by atomic mass is 10.3. The molecule has 0 saturated heterocycles. The molecule has 1 heterocycles. The SMILES string of the molecule is CC(CN)NC(=O)c1sccc1Br. The monoisotopic (exact) mass is 262 g/mol. The summed E-state index contributed by atoms with van der Waals surface area (Å²) in [6.07, 6.45) is 0. The standard InChI is InChI=1S/C8H11BrN2OS/c1-5(4-10)11-8(12)7-6(9)2-3-13-7/h2-3,5H,4,10H2,1H3,(H,11,12). The van der Waals surface area contributed by atoms with E-state index in [0.29, 0.717) is 11.4 Å². The van der Waals surface area contributed by atoms with Crippen LogP contribution < -0.4 is 11.1 Å². The third-order valence-electron chi connectivity index (χ3n) is 1.55. The highest BCUT2D eigenvalue weighted by Crippen LogP contribution is 2.22. The molecule has 1 atom stereocenters. The lowest BCUT2D eigenvalue weighted by molar-refractivity contribution is 0.0944. The summed E-state index contributed by atoms with van der Waals surface area (Å²) in [5.41, 5.74) is 5.39. The predicted octanol–water partition coefficient (Wildman–Crippen LogP) is 1.59. The number of halogens is 1. The van der Waals surface area contributed by atoms with Gasteiger partial charge >= 0.3 is 0 Å². The maximum absolute atomic E-state index is 11.5. The molecule has 0 saturated carbocycles. The molecule has 1 rings (SSSR count). The van der Waals surface area contributed by atoms with Gasteiger partial charge in [0.05, 0.1) is 0 Å². The smallest absolute Gasteiger partial charge is 0.262 e. The number of nitrogens with two attached hydrogens (primary N) is 1. The van der Waals surface area contributed by atoms with Gasteiger partial charge in [0.2, 0.25) is 0 Å². The molecule has 1 aromatic rings. The van der Waals surface area contributed by atoms with E-state index in [1.807, 2.05) is 18.4 Å². The number of rotatable bonds is 3. The minimum atomic E-state index is -0.0696. The molecule has 72 valence electrons. The van der Waals surface area contributed by atoms with Crippen LogP contribution in [0.1, 0.15) is 16.6 Å². The van der Waals surface area contributed by atoms with Crippen molar-refractivity contribution >= 4 is 33.2 Å². The highest BCUT2D eigenvalue weighted by atomic mass is 79.9. The van der Waals surface area contributed by atoms with E-state index in [2.05, 4.69) is 21.2 Å². The largest absolute Gasteiger partial charge is 0.348 e. The summed E-state index contributed by atoms with van der Waals surface area (Å²) in [7, 11) is 0. The average Bonchev–Trinajstić information content (AvgIpc) is 2.51. The van der Waals surface area contributed by atoms with Crippen molar-refractivity contribution in [1.82, 2.24) is 5.32 Å². The second-order valence-corrected chi connectivity index (χ2v) is 4.48. The van der Waals surface area contributed by atoms with Gasteiger partial charge in [0.1, 0.15) is 4.88 Å². The number of carbonyl (C=O) groups is 1. The summed E-state index contributed by atoms with van der Waals surface area (Å²) in [4.78, 5) is 12.2. The summed E-state index contributed by atoms with van der Waals surface area (Å²) in [6.45, 7) is 2.33. The van der Waals surface area contributed by atoms with Gasteiger partial charge in [-0.3, -0.25) is 4.79 Å². The highest BCUT2D eigenvalue weighted by molar-refractivity contribution is 9.10. The Morgan fingerprint density at radius 3 is 3.00 bits per heavy atom. The first-order valence-electron chi connectivity index (χ1n) is 3.89. The molecule has 0 aromatic carbocycles. The van der Waals surface area contributed by atoms with Gasteiger partial charge in [-0.2, -0.15) is 0 Å². The van der Waals surface area contributed by atoms with E-state index in [1.54, 1.807) is 0 Å². The van der Waals surface area contributed by atoms with E-state index in [9.17, 15) is 4.79 Å². The first-order valence-corrected chi connectivity index (χ1v) is 5.56. The zero-order chi connectivity index (χ0) is 9.84. The molecule has 13 heavy (non-hydrogen) atoms. The van der Waals surface area contributed by atoms with Crippen LogP contribution in [0.25, 0.3) is 0 Å². The minimum absolute atomic E-state index is 0.0153. The Morgan fingerprint density at radius 1 is 1.85 bits per heavy atom. The number of hydrogen-bond donors (Lipinski definition) is 2. The molecular formula is C8H11BrN2OS. The lowest BCUT2D eigenvalue weighted by Gasteiger charge is -2.09. The number of amides is 1. The summed E-state index contributed by atoms with van der Waals surface area (Å²) in [5, 5.41) is 4.66. The fourth-order valence-electron chi connectivity index (χ4n) is 0.804. The molecule has 0 fully saturated rings. The molecule has 0 radical (unpaired) electrons. The Balaban J connectivity index is 2.64. The summed E-state index contributed by atoms with van der Waals surface area (Å²) in [5.74, 6) is -0.0696. The number of nitrogens with one attached hydrogen (secondary N) is 1. The normalized spacial score (nSPS) is 12.5. The predicted molar refractivity (Wildman–Crippen MR) is 58.0 cm³/mol. The Hall–Kier alpha value is -0.390. The first kappa shape index (κ1) is 10.7. The molecule has 0 aliphatic carbocycles. The van der Waals surface area contributed by atoms with Crippen LogP contribution in [0, 0.1) is 0 Å². The molecule has 0 bridgehead atoms. The molecular weight excluding hydrogens is 252 g/mol. The van der Waals surface area contributed by atoms with Crippen molar-refractivity contribution in [2.24, 2.45) is 5.73 Å². The minimum Gasteiger partial charge on any atom is -0.348 e. The van der Waals surface area contributed by atoms with Crippen LogP contribution >= 0.6 is 27.3 Å². The molecule has 3 N–H and O–H groups in total. The Morgan fingerprint density at radius 2 is 2.54 bits per heavy atom. The molecule has 0 spiro atoms. The van der Waals surface area contributed by atoms with Gasteiger partial charge in [0, 0.05) is 17.1 Å². The molecule has 0 aliphatic rings. The Kier molecular flexibility index (Phi) is 3.90. The second-order valence-electron chi connectivity index (χ2n) is 2.71. The van der Waals surface area contributed by atoms with Crippen molar-refractivity contribution in [1.29, 1.82) is 0 Å². The van der Waals surface area contributed by atoms with Crippen molar-refractivity contribution in [3.63, 3.8) is 0 Å². The topological polar surface area (TPSA) is 55.1 Å². The summed E-state index contributed by atoms with van der Waals surface area (Å²) in [6, 6.07) is 1.87. The lowest BCUT2D eigenvalue weighted by Crippen LogP contribution is -2.37. The quantitative estimate of drug-likeness (QED) is 0.870. The van der Waals surface area contributed by atoms with Gasteiger partial charge in [-0.15, -0.1) is 11.3 Å². The van der Waals surface area contributed by atoms with Gasteiger partial charge in [-0.1, -0.05) is 0 Å². The van der Waals surface area contributed by atoms with Crippen molar-refractivity contribution in [3.8, 4) is 0 Å². The van der Waals surface area contributed by atoms with Crippen molar-refractivity contribution in [2.75, 3.05) is 6.54 Å². The van der Waals surface area contributed by atoms with E-state index in [4.69, 9.17) is 5.73 Å². The maximum atomic E-state index is 11.5. The molecule has 3 nitrogen and oxygen atoms in total. The van der Waals surface area contributed by atoms with E-state index in [-0.39, 0.29) is 11.9 Å². The fraction of sp³-hybridized carbons (Fsp3) is 0.375. The molecule has 1 amide bonds. The fourth-order valence-corrected chi connectivity index (χ4v) is 2.26. The Labute approximate surface area is 89.5 Å². The molecule has 1 unspecified atom stereocenters. The number of hydrogen-bond acceptors (Lipinski definition) is 3. The van der Waals surface area contributed by atoms with Crippen molar-refractivity contribution < 1.29 is 4.79 Å². The van der Waals surface area contributed by atoms with E-state index in [0.717, 1.165) is 4.47 Å². The highest BCUT2D eigenvalue weighted by Gasteiger charge is 2.12. The van der Waals surface area contributed by atoms with Crippen molar-refractivity contribution in [2.45, 2.75) is 13.0 Å². The van der Waals surface area contributed by atoms with E-state index in [1.165, 1.54) is 11.3 Å². The number of carbonyl (C=O) groups excluding carboxylic acids is 1. The van der Waals surface area contributed by atoms with E-state index < -0.39 is 0 Å². The van der Waals surface area contributed by atoms with Gasteiger partial charge in [-0.05, 0) is 34.3 Å². The van der Waals surface area contributed by atoms with Gasteiger partial charge < -0.3 is 11.1 Å². The molecule has 0 aliphatic heterocycles. The molecule has 5 heteroatoms. The van der Waals surface area contributed by atoms with Gasteiger partial charge in [-0.25, -0.2) is 0 Å². The van der Waals surface area contributed by atoms with E-state index >= 15 is 0 Å². The zero-order valence-corrected chi connectivity index (χ0v) is 9.61. The Bertz CT molecular complexity index is 300. The van der Waals surface area contributed by atoms with Crippen LogP contribution in [-0.2, 0) is 0 Å². The van der Waals surface area contributed by atoms with Gasteiger partial charge in [0.15, 0.2) is 0 Å². The van der Waals surface area contributed by atoms with Crippen LogP contribution in [0.3, 0.4) is 0 Å². The second kappa shape index (κ2) is 4.74. The number of thiophene rings is 1. The average molecular weight is 263 g/mol. The molecule has 1 aromatic heterocycles. The maximum Gasteiger partial charge on any atom is 0.262 e. The van der Waals surface area contributed by atoms with Crippen molar-refractivity contribution in [3.05, 3.63) is 20.8 Å². The van der Waals surface area contributed by atoms with Gasteiger partial charge in [0.25, 0.3) is 5.91 Å². The summed E-state index contributed by atoms with van der Waals surface area (Å²) < 4.78 is 0.833. The third-order valence-corrected chi connectivity index (χ3v) is 3.39. The van der Waals surface area contributed by atoms with Crippen LogP contribution in [0.15, 0.2) is 15.9 Å². The van der Waals surface area contributed by atoms with Crippen LogP contribution in [0.2, 0.25) is 0 Å². The third kappa shape index (κ3) is 2.79. The zero-order valence-electron chi connectivity index (χ0n) is 7.21. The van der Waals surface area contributed by atoms with Crippen LogP contribution in [0.4, 0.5) is 0 Å².